The van der Waals surface area contributed by atoms with E-state index in [0.29, 0.717) is 17.0 Å². The third kappa shape index (κ3) is 2.89. The summed E-state index contributed by atoms with van der Waals surface area (Å²) in [6, 6.07) is 4.94. The number of isothiocyanates is 1. The molecule has 0 unspecified atom stereocenters. The molecule has 1 aromatic carbocycles. The first-order valence-corrected chi connectivity index (χ1v) is 5.14. The smallest absolute Gasteiger partial charge is 0.252 e. The number of thiocarbonyl (C=S) groups is 1. The molecule has 0 heterocycles. The number of ether oxygens (including phenoxy) is 1. The van der Waals surface area contributed by atoms with Gasteiger partial charge in [-0.15, -0.1) is 0 Å². The highest BCUT2D eigenvalue weighted by molar-refractivity contribution is 7.78. The Labute approximate surface area is 99.1 Å². The predicted molar refractivity (Wildman–Crippen MR) is 65.4 cm³/mol. The summed E-state index contributed by atoms with van der Waals surface area (Å²) in [6.07, 6.45) is -0.0837. The molecule has 16 heavy (non-hydrogen) atoms. The minimum atomic E-state index is -0.558. The Kier molecular flexibility index (Phi) is 4.17. The lowest BCUT2D eigenvalue weighted by atomic mass is 10.1. The van der Waals surface area contributed by atoms with E-state index >= 15 is 0 Å². The van der Waals surface area contributed by atoms with Crippen molar-refractivity contribution < 1.29 is 9.53 Å². The van der Waals surface area contributed by atoms with E-state index in [4.69, 9.17) is 10.5 Å². The second-order valence-electron chi connectivity index (χ2n) is 3.39. The number of amides is 1. The van der Waals surface area contributed by atoms with Crippen LogP contribution in [0.2, 0.25) is 0 Å². The first kappa shape index (κ1) is 12.4. The number of primary amides is 1. The summed E-state index contributed by atoms with van der Waals surface area (Å²) in [4.78, 5) is 15.0. The summed E-state index contributed by atoms with van der Waals surface area (Å²) in [5, 5.41) is 2.24. The Balaban J connectivity index is 3.33. The van der Waals surface area contributed by atoms with Crippen LogP contribution < -0.4 is 10.5 Å². The molecule has 0 atom stereocenters. The van der Waals surface area contributed by atoms with E-state index in [2.05, 4.69) is 22.4 Å². The van der Waals surface area contributed by atoms with Gasteiger partial charge in [-0.1, -0.05) is 6.07 Å². The van der Waals surface area contributed by atoms with Crippen molar-refractivity contribution in [3.8, 4) is 5.75 Å². The van der Waals surface area contributed by atoms with Gasteiger partial charge in [0, 0.05) is 0 Å². The summed E-state index contributed by atoms with van der Waals surface area (Å²) in [5.41, 5.74) is 6.00. The maximum absolute atomic E-state index is 11.2. The standard InChI is InChI=1S/C11H12N2O2S/c1-7(2)15-10-8(11(12)14)4-3-5-9(10)13-6-16/h3-5,7H,1-2H3,(H2,12,14). The van der Waals surface area contributed by atoms with Crippen LogP contribution in [0.25, 0.3) is 0 Å². The molecule has 0 fully saturated rings. The number of carbonyl (C=O) groups is 1. The second-order valence-corrected chi connectivity index (χ2v) is 3.57. The zero-order chi connectivity index (χ0) is 12.1. The predicted octanol–water partition coefficient (Wildman–Crippen LogP) is 2.31. The van der Waals surface area contributed by atoms with Crippen molar-refractivity contribution in [2.24, 2.45) is 10.7 Å². The number of hydrogen-bond donors (Lipinski definition) is 1. The topological polar surface area (TPSA) is 64.7 Å². The Morgan fingerprint density at radius 2 is 2.25 bits per heavy atom. The average molecular weight is 236 g/mol. The number of carbonyl (C=O) groups excluding carboxylic acids is 1. The molecule has 0 aliphatic heterocycles. The number of nitrogens with two attached hydrogens (primary N) is 1. The van der Waals surface area contributed by atoms with Crippen molar-refractivity contribution in [3.63, 3.8) is 0 Å². The van der Waals surface area contributed by atoms with Crippen LogP contribution in [0.1, 0.15) is 24.2 Å². The van der Waals surface area contributed by atoms with Gasteiger partial charge in [-0.3, -0.25) is 4.79 Å². The van der Waals surface area contributed by atoms with E-state index < -0.39 is 5.91 Å². The lowest BCUT2D eigenvalue weighted by molar-refractivity contribution is 0.0994. The fraction of sp³-hybridized carbons (Fsp3) is 0.273. The Morgan fingerprint density at radius 1 is 1.56 bits per heavy atom. The highest BCUT2D eigenvalue weighted by Crippen LogP contribution is 2.31. The van der Waals surface area contributed by atoms with Gasteiger partial charge < -0.3 is 10.5 Å². The van der Waals surface area contributed by atoms with Gasteiger partial charge in [0.25, 0.3) is 5.91 Å². The van der Waals surface area contributed by atoms with E-state index in [0.717, 1.165) is 0 Å². The molecule has 1 rings (SSSR count). The zero-order valence-electron chi connectivity index (χ0n) is 9.06. The molecule has 0 spiro atoms. The van der Waals surface area contributed by atoms with Crippen molar-refractivity contribution in [2.75, 3.05) is 0 Å². The molecule has 5 heteroatoms. The molecule has 84 valence electrons. The normalized spacial score (nSPS) is 9.69. The molecule has 0 aliphatic rings. The van der Waals surface area contributed by atoms with Gasteiger partial charge in [0.15, 0.2) is 5.75 Å². The Hall–Kier alpha value is -1.71. The molecular formula is C11H12N2O2S. The van der Waals surface area contributed by atoms with Crippen LogP contribution in [0.15, 0.2) is 23.2 Å². The monoisotopic (exact) mass is 236 g/mol. The molecular weight excluding hydrogens is 224 g/mol. The van der Waals surface area contributed by atoms with Crippen molar-refractivity contribution in [3.05, 3.63) is 23.8 Å². The van der Waals surface area contributed by atoms with Crippen molar-refractivity contribution in [1.29, 1.82) is 0 Å². The zero-order valence-corrected chi connectivity index (χ0v) is 9.88. The number of nitrogens with zero attached hydrogens (tertiary/aromatic N) is 1. The SMILES string of the molecule is CC(C)Oc1c(N=C=S)cccc1C(N)=O. The maximum Gasteiger partial charge on any atom is 0.252 e. The van der Waals surface area contributed by atoms with Crippen LogP contribution in [-0.4, -0.2) is 17.2 Å². The van der Waals surface area contributed by atoms with Gasteiger partial charge in [-0.05, 0) is 38.2 Å². The van der Waals surface area contributed by atoms with Gasteiger partial charge in [0.05, 0.1) is 16.8 Å². The minimum absolute atomic E-state index is 0.0837. The van der Waals surface area contributed by atoms with E-state index in [9.17, 15) is 4.79 Å². The molecule has 0 aromatic heterocycles. The number of para-hydroxylation sites is 1. The number of aliphatic imine (C=N–C) groups is 1. The number of benzene rings is 1. The molecule has 4 nitrogen and oxygen atoms in total. The van der Waals surface area contributed by atoms with Gasteiger partial charge in [-0.2, -0.15) is 4.99 Å². The lowest BCUT2D eigenvalue weighted by Crippen LogP contribution is -2.15. The third-order valence-corrected chi connectivity index (χ3v) is 1.87. The van der Waals surface area contributed by atoms with Crippen LogP contribution >= 0.6 is 12.2 Å². The highest BCUT2D eigenvalue weighted by Gasteiger charge is 2.14. The number of rotatable bonds is 4. The van der Waals surface area contributed by atoms with E-state index in [1.165, 1.54) is 0 Å². The molecule has 0 saturated heterocycles. The largest absolute Gasteiger partial charge is 0.488 e. The average Bonchev–Trinajstić information content (AvgIpc) is 2.19. The lowest BCUT2D eigenvalue weighted by Gasteiger charge is -2.14. The van der Waals surface area contributed by atoms with Gasteiger partial charge in [-0.25, -0.2) is 0 Å². The minimum Gasteiger partial charge on any atom is -0.488 e. The van der Waals surface area contributed by atoms with Crippen molar-refractivity contribution >= 4 is 29.0 Å². The summed E-state index contributed by atoms with van der Waals surface area (Å²) in [5.74, 6) is -0.209. The first-order valence-electron chi connectivity index (χ1n) is 4.73. The summed E-state index contributed by atoms with van der Waals surface area (Å²) < 4.78 is 5.51. The molecule has 0 saturated carbocycles. The van der Waals surface area contributed by atoms with Gasteiger partial charge in [0.1, 0.15) is 5.69 Å². The van der Waals surface area contributed by atoms with E-state index in [-0.39, 0.29) is 6.10 Å². The van der Waals surface area contributed by atoms with Crippen LogP contribution in [0.5, 0.6) is 5.75 Å². The highest BCUT2D eigenvalue weighted by atomic mass is 32.1. The van der Waals surface area contributed by atoms with Crippen LogP contribution in [0, 0.1) is 0 Å². The second kappa shape index (κ2) is 5.39. The van der Waals surface area contributed by atoms with Gasteiger partial charge in [0.2, 0.25) is 0 Å². The van der Waals surface area contributed by atoms with Crippen molar-refractivity contribution in [1.82, 2.24) is 0 Å². The Morgan fingerprint density at radius 3 is 2.75 bits per heavy atom. The Bertz CT molecular complexity index is 431. The van der Waals surface area contributed by atoms with Crippen LogP contribution in [0.3, 0.4) is 0 Å². The van der Waals surface area contributed by atoms with Crippen LogP contribution in [-0.2, 0) is 0 Å². The fourth-order valence-corrected chi connectivity index (χ4v) is 1.31. The van der Waals surface area contributed by atoms with Crippen LogP contribution in [0.4, 0.5) is 5.69 Å². The maximum atomic E-state index is 11.2. The molecule has 0 radical (unpaired) electrons. The third-order valence-electron chi connectivity index (χ3n) is 1.78. The molecule has 0 bridgehead atoms. The van der Waals surface area contributed by atoms with Gasteiger partial charge >= 0.3 is 0 Å². The molecule has 2 N–H and O–H groups in total. The molecule has 1 amide bonds. The fourth-order valence-electron chi connectivity index (χ4n) is 1.22. The number of hydrogen-bond acceptors (Lipinski definition) is 4. The summed E-state index contributed by atoms with van der Waals surface area (Å²) in [7, 11) is 0. The summed E-state index contributed by atoms with van der Waals surface area (Å²) in [6.45, 7) is 3.70. The molecule has 1 aromatic rings. The summed E-state index contributed by atoms with van der Waals surface area (Å²) >= 11 is 4.53. The van der Waals surface area contributed by atoms with Crippen molar-refractivity contribution in [2.45, 2.75) is 20.0 Å². The molecule has 0 aliphatic carbocycles. The van der Waals surface area contributed by atoms with E-state index in [1.54, 1.807) is 18.2 Å². The first-order chi connectivity index (χ1) is 7.56. The van der Waals surface area contributed by atoms with E-state index in [1.807, 2.05) is 13.8 Å². The quantitative estimate of drug-likeness (QED) is 0.644.